The smallest absolute Gasteiger partial charge is 0.257 e. The lowest BCUT2D eigenvalue weighted by Crippen LogP contribution is -2.54. The van der Waals surface area contributed by atoms with Crippen LogP contribution in [0, 0.1) is 5.41 Å². The maximum atomic E-state index is 12.8. The van der Waals surface area contributed by atoms with Gasteiger partial charge in [-0.15, -0.1) is 0 Å². The van der Waals surface area contributed by atoms with Crippen molar-refractivity contribution in [1.29, 1.82) is 0 Å². The number of likely N-dealkylation sites (tertiary alicyclic amines) is 1. The fourth-order valence-corrected chi connectivity index (χ4v) is 2.64. The second kappa shape index (κ2) is 2.91. The summed E-state index contributed by atoms with van der Waals surface area (Å²) in [5, 5.41) is -0.470. The van der Waals surface area contributed by atoms with Crippen LogP contribution >= 0.6 is 0 Å². The van der Waals surface area contributed by atoms with E-state index in [4.69, 9.17) is 0 Å². The molecule has 1 spiro atoms. The molecular formula is C9H15F2NO2S. The van der Waals surface area contributed by atoms with Gasteiger partial charge in [0.05, 0.1) is 10.7 Å². The highest BCUT2D eigenvalue weighted by Gasteiger charge is 2.75. The van der Waals surface area contributed by atoms with Crippen LogP contribution in [0.3, 0.4) is 0 Å². The molecule has 2 aliphatic rings. The average Bonchev–Trinajstić information content (AvgIpc) is 2.50. The molecule has 3 nitrogen and oxygen atoms in total. The summed E-state index contributed by atoms with van der Waals surface area (Å²) >= 11 is 0. The fourth-order valence-electron chi connectivity index (χ4n) is 2.16. The first-order chi connectivity index (χ1) is 6.66. The lowest BCUT2D eigenvalue weighted by Gasteiger charge is -2.40. The summed E-state index contributed by atoms with van der Waals surface area (Å²) in [6.07, 6.45) is 1.16. The Hall–Kier alpha value is -0.230. The summed E-state index contributed by atoms with van der Waals surface area (Å²) in [5.41, 5.74) is -0.801. The van der Waals surface area contributed by atoms with Gasteiger partial charge in [0.1, 0.15) is 0 Å². The highest BCUT2D eigenvalue weighted by Crippen LogP contribution is 2.65. The predicted molar refractivity (Wildman–Crippen MR) is 52.7 cm³/mol. The Kier molecular flexibility index (Phi) is 2.19. The van der Waals surface area contributed by atoms with Crippen LogP contribution in [0.1, 0.15) is 13.3 Å². The normalized spacial score (nSPS) is 29.9. The Morgan fingerprint density at radius 2 is 1.87 bits per heavy atom. The fraction of sp³-hybridized carbons (Fsp3) is 1.00. The molecule has 0 bridgehead atoms. The van der Waals surface area contributed by atoms with E-state index in [1.54, 1.807) is 11.8 Å². The molecule has 1 atom stereocenters. The number of hydrogen-bond acceptors (Lipinski definition) is 3. The van der Waals surface area contributed by atoms with E-state index in [0.717, 1.165) is 0 Å². The number of nitrogens with zero attached hydrogens (tertiary/aromatic N) is 1. The van der Waals surface area contributed by atoms with Gasteiger partial charge in [-0.05, 0) is 6.92 Å². The number of alkyl halides is 2. The molecule has 88 valence electrons. The summed E-state index contributed by atoms with van der Waals surface area (Å²) in [6.45, 7) is 2.68. The van der Waals surface area contributed by atoms with Crippen molar-refractivity contribution < 1.29 is 17.2 Å². The van der Waals surface area contributed by atoms with Gasteiger partial charge in [-0.2, -0.15) is 0 Å². The van der Waals surface area contributed by atoms with Gasteiger partial charge >= 0.3 is 0 Å². The average molecular weight is 239 g/mol. The third-order valence-electron chi connectivity index (χ3n) is 3.51. The molecule has 2 rings (SSSR count). The van der Waals surface area contributed by atoms with Crippen LogP contribution < -0.4 is 0 Å². The van der Waals surface area contributed by atoms with Crippen LogP contribution in [-0.4, -0.2) is 50.4 Å². The van der Waals surface area contributed by atoms with E-state index in [2.05, 4.69) is 0 Å². The van der Waals surface area contributed by atoms with E-state index < -0.39 is 26.4 Å². The molecule has 15 heavy (non-hydrogen) atoms. The van der Waals surface area contributed by atoms with E-state index in [-0.39, 0.29) is 6.42 Å². The molecule has 2 fully saturated rings. The quantitative estimate of drug-likeness (QED) is 0.729. The Balaban J connectivity index is 1.83. The molecule has 0 amide bonds. The largest absolute Gasteiger partial charge is 0.300 e. The first kappa shape index (κ1) is 11.3. The third-order valence-corrected chi connectivity index (χ3v) is 5.12. The number of sulfone groups is 1. The van der Waals surface area contributed by atoms with Crippen LogP contribution in [0.15, 0.2) is 0 Å². The van der Waals surface area contributed by atoms with Gasteiger partial charge in [-0.1, -0.05) is 0 Å². The molecule has 0 aromatic rings. The van der Waals surface area contributed by atoms with Crippen molar-refractivity contribution in [3.8, 4) is 0 Å². The highest BCUT2D eigenvalue weighted by molar-refractivity contribution is 7.91. The van der Waals surface area contributed by atoms with E-state index in [1.165, 1.54) is 6.26 Å². The van der Waals surface area contributed by atoms with Crippen molar-refractivity contribution in [2.24, 2.45) is 5.41 Å². The maximum absolute atomic E-state index is 12.8. The SMILES string of the molecule is CC(CN1CC2(C1)CC2(F)F)S(C)(=O)=O. The summed E-state index contributed by atoms with van der Waals surface area (Å²) in [4.78, 5) is 1.80. The van der Waals surface area contributed by atoms with E-state index >= 15 is 0 Å². The Morgan fingerprint density at radius 1 is 1.40 bits per heavy atom. The van der Waals surface area contributed by atoms with Crippen LogP contribution in [0.5, 0.6) is 0 Å². The summed E-state index contributed by atoms with van der Waals surface area (Å²) in [5.74, 6) is -2.50. The number of rotatable bonds is 3. The Labute approximate surface area is 88.4 Å². The van der Waals surface area contributed by atoms with E-state index in [0.29, 0.717) is 19.6 Å². The van der Waals surface area contributed by atoms with Crippen molar-refractivity contribution in [3.05, 3.63) is 0 Å². The van der Waals surface area contributed by atoms with E-state index in [1.807, 2.05) is 0 Å². The van der Waals surface area contributed by atoms with Crippen molar-refractivity contribution >= 4 is 9.84 Å². The standard InChI is InChI=1S/C9H15F2NO2S/c1-7(15(2,13)14)3-12-5-8(6-12)4-9(8,10)11/h7H,3-6H2,1-2H3. The minimum absolute atomic E-state index is 0.0241. The molecule has 1 aliphatic carbocycles. The van der Waals surface area contributed by atoms with Crippen molar-refractivity contribution in [1.82, 2.24) is 4.90 Å². The highest BCUT2D eigenvalue weighted by atomic mass is 32.2. The zero-order valence-corrected chi connectivity index (χ0v) is 9.65. The molecule has 0 aromatic heterocycles. The topological polar surface area (TPSA) is 37.4 Å². The van der Waals surface area contributed by atoms with Crippen LogP contribution in [0.2, 0.25) is 0 Å². The molecule has 1 unspecified atom stereocenters. The van der Waals surface area contributed by atoms with Crippen LogP contribution in [0.25, 0.3) is 0 Å². The molecule has 1 heterocycles. The second-order valence-corrected chi connectivity index (χ2v) is 7.44. The Bertz CT molecular complexity index is 374. The molecule has 1 saturated carbocycles. The molecule has 1 saturated heterocycles. The van der Waals surface area contributed by atoms with Gasteiger partial charge in [-0.3, -0.25) is 0 Å². The van der Waals surface area contributed by atoms with Gasteiger partial charge in [0.25, 0.3) is 5.92 Å². The van der Waals surface area contributed by atoms with E-state index in [9.17, 15) is 17.2 Å². The summed E-state index contributed by atoms with van der Waals surface area (Å²) in [7, 11) is -3.05. The first-order valence-corrected chi connectivity index (χ1v) is 6.91. The summed E-state index contributed by atoms with van der Waals surface area (Å²) < 4.78 is 47.9. The van der Waals surface area contributed by atoms with Crippen molar-refractivity contribution in [3.63, 3.8) is 0 Å². The van der Waals surface area contributed by atoms with Crippen LogP contribution in [-0.2, 0) is 9.84 Å². The van der Waals surface area contributed by atoms with Gasteiger partial charge in [0, 0.05) is 32.3 Å². The predicted octanol–water partition coefficient (Wildman–Crippen LogP) is 0.761. The zero-order valence-electron chi connectivity index (χ0n) is 8.83. The minimum atomic E-state index is -3.05. The molecule has 6 heteroatoms. The van der Waals surface area contributed by atoms with Gasteiger partial charge < -0.3 is 4.90 Å². The number of halogens is 2. The van der Waals surface area contributed by atoms with Crippen LogP contribution in [0.4, 0.5) is 8.78 Å². The monoisotopic (exact) mass is 239 g/mol. The zero-order chi connectivity index (χ0) is 11.5. The minimum Gasteiger partial charge on any atom is -0.300 e. The van der Waals surface area contributed by atoms with Crippen molar-refractivity contribution in [2.45, 2.75) is 24.5 Å². The molecule has 1 aliphatic heterocycles. The maximum Gasteiger partial charge on any atom is 0.257 e. The van der Waals surface area contributed by atoms with Gasteiger partial charge in [0.15, 0.2) is 9.84 Å². The second-order valence-electron chi connectivity index (χ2n) is 4.97. The lowest BCUT2D eigenvalue weighted by atomic mass is 9.96. The van der Waals surface area contributed by atoms with Crippen molar-refractivity contribution in [2.75, 3.05) is 25.9 Å². The third kappa shape index (κ3) is 1.78. The number of hydrogen-bond donors (Lipinski definition) is 0. The first-order valence-electron chi connectivity index (χ1n) is 4.95. The van der Waals surface area contributed by atoms with Gasteiger partial charge in [-0.25, -0.2) is 17.2 Å². The molecule has 0 N–H and O–H groups in total. The molecule has 0 radical (unpaired) electrons. The molecule has 0 aromatic carbocycles. The van der Waals surface area contributed by atoms with Gasteiger partial charge in [0.2, 0.25) is 0 Å². The Morgan fingerprint density at radius 3 is 2.20 bits per heavy atom. The summed E-state index contributed by atoms with van der Waals surface area (Å²) in [6, 6.07) is 0. The molecular weight excluding hydrogens is 224 g/mol. The lowest BCUT2D eigenvalue weighted by molar-refractivity contribution is -0.0234.